The number of pyridine rings is 1. The van der Waals surface area contributed by atoms with Crippen molar-refractivity contribution >= 4 is 0 Å². The average Bonchev–Trinajstić information content (AvgIpc) is 3.10. The molecule has 3 atom stereocenters. The number of hydrogen-bond acceptors (Lipinski definition) is 5. The molecule has 3 rings (SSSR count). The van der Waals surface area contributed by atoms with Crippen molar-refractivity contribution in [2.45, 2.75) is 57.2 Å². The highest BCUT2D eigenvalue weighted by Gasteiger charge is 2.34. The second-order valence-electron chi connectivity index (χ2n) is 5.98. The topological polar surface area (TPSA) is 89.9 Å². The summed E-state index contributed by atoms with van der Waals surface area (Å²) in [7, 11) is 0. The first-order valence-electron chi connectivity index (χ1n) is 7.98. The highest BCUT2D eigenvalue weighted by Crippen LogP contribution is 2.33. The van der Waals surface area contributed by atoms with Gasteiger partial charge < -0.3 is 10.8 Å². The van der Waals surface area contributed by atoms with Gasteiger partial charge in [-0.15, -0.1) is 5.10 Å². The maximum absolute atomic E-state index is 9.93. The first kappa shape index (κ1) is 15.1. The minimum atomic E-state index is -0.445. The van der Waals surface area contributed by atoms with Crippen LogP contribution in [0.4, 0.5) is 0 Å². The number of aliphatic hydroxyl groups is 1. The smallest absolute Gasteiger partial charge is 0.200 e. The average molecular weight is 301 g/mol. The van der Waals surface area contributed by atoms with Crippen molar-refractivity contribution in [2.24, 2.45) is 5.73 Å². The fourth-order valence-electron chi connectivity index (χ4n) is 2.99. The Hall–Kier alpha value is -1.79. The molecule has 0 radical (unpaired) electrons. The zero-order chi connectivity index (χ0) is 15.5. The molecule has 6 nitrogen and oxygen atoms in total. The Balaban J connectivity index is 1.91. The Morgan fingerprint density at radius 3 is 2.86 bits per heavy atom. The van der Waals surface area contributed by atoms with Crippen LogP contribution in [0.15, 0.2) is 24.4 Å². The minimum Gasteiger partial charge on any atom is -0.391 e. The molecule has 0 unspecified atom stereocenters. The minimum absolute atomic E-state index is 0.167. The van der Waals surface area contributed by atoms with Gasteiger partial charge in [0.15, 0.2) is 5.82 Å². The molecule has 2 aromatic heterocycles. The van der Waals surface area contributed by atoms with Crippen molar-refractivity contribution in [2.75, 3.05) is 0 Å². The molecule has 2 heterocycles. The van der Waals surface area contributed by atoms with Crippen molar-refractivity contribution in [3.8, 4) is 11.5 Å². The predicted molar refractivity (Wildman–Crippen MR) is 84.1 cm³/mol. The van der Waals surface area contributed by atoms with Gasteiger partial charge >= 0.3 is 0 Å². The Morgan fingerprint density at radius 2 is 2.23 bits per heavy atom. The molecule has 22 heavy (non-hydrogen) atoms. The number of aryl methyl sites for hydroxylation is 1. The highest BCUT2D eigenvalue weighted by molar-refractivity contribution is 5.48. The maximum Gasteiger partial charge on any atom is 0.200 e. The van der Waals surface area contributed by atoms with Crippen molar-refractivity contribution in [3.05, 3.63) is 30.2 Å². The second-order valence-corrected chi connectivity index (χ2v) is 5.98. The third-order valence-corrected chi connectivity index (χ3v) is 4.26. The molecule has 0 saturated heterocycles. The van der Waals surface area contributed by atoms with E-state index in [1.165, 1.54) is 0 Å². The number of unbranched alkanes of at least 4 members (excludes halogenated alkanes) is 1. The Labute approximate surface area is 130 Å². The summed E-state index contributed by atoms with van der Waals surface area (Å²) in [6, 6.07) is 5.56. The SMILES string of the molecule is CCCCn1nc(-c2ccccn2)nc1[C@H]1C[C@H](N)[C@@H](O)C1. The number of hydrogen-bond donors (Lipinski definition) is 2. The molecule has 0 bridgehead atoms. The number of aliphatic hydroxyl groups excluding tert-OH is 1. The summed E-state index contributed by atoms with van der Waals surface area (Å²) in [4.78, 5) is 9.03. The molecule has 1 aliphatic carbocycles. The predicted octanol–water partition coefficient (Wildman–Crippen LogP) is 1.71. The van der Waals surface area contributed by atoms with Crippen LogP contribution in [0.2, 0.25) is 0 Å². The van der Waals surface area contributed by atoms with Crippen LogP contribution in [0.5, 0.6) is 0 Å². The van der Waals surface area contributed by atoms with Gasteiger partial charge in [-0.05, 0) is 31.4 Å². The normalized spacial score (nSPS) is 24.8. The monoisotopic (exact) mass is 301 g/mol. The quantitative estimate of drug-likeness (QED) is 0.877. The number of nitrogens with two attached hydrogens (primary N) is 1. The highest BCUT2D eigenvalue weighted by atomic mass is 16.3. The zero-order valence-electron chi connectivity index (χ0n) is 12.9. The van der Waals surface area contributed by atoms with Crippen LogP contribution >= 0.6 is 0 Å². The van der Waals surface area contributed by atoms with Gasteiger partial charge in [-0.3, -0.25) is 4.98 Å². The molecule has 0 amide bonds. The van der Waals surface area contributed by atoms with Crippen LogP contribution in [0, 0.1) is 0 Å². The Bertz CT molecular complexity index is 602. The van der Waals surface area contributed by atoms with E-state index in [1.54, 1.807) is 6.20 Å². The summed E-state index contributed by atoms with van der Waals surface area (Å²) < 4.78 is 1.98. The van der Waals surface area contributed by atoms with Crippen LogP contribution < -0.4 is 5.73 Å². The van der Waals surface area contributed by atoms with Crippen LogP contribution in [0.3, 0.4) is 0 Å². The van der Waals surface area contributed by atoms with Crippen LogP contribution in [0.25, 0.3) is 11.5 Å². The lowest BCUT2D eigenvalue weighted by Crippen LogP contribution is -2.28. The molecular weight excluding hydrogens is 278 g/mol. The molecule has 6 heteroatoms. The van der Waals surface area contributed by atoms with Crippen molar-refractivity contribution < 1.29 is 5.11 Å². The van der Waals surface area contributed by atoms with Crippen molar-refractivity contribution in [3.63, 3.8) is 0 Å². The molecule has 1 fully saturated rings. The molecule has 0 aliphatic heterocycles. The summed E-state index contributed by atoms with van der Waals surface area (Å²) in [6.45, 7) is 3.00. The summed E-state index contributed by atoms with van der Waals surface area (Å²) in [5.41, 5.74) is 6.73. The molecule has 1 aliphatic rings. The lowest BCUT2D eigenvalue weighted by molar-refractivity contribution is 0.163. The van der Waals surface area contributed by atoms with E-state index in [0.29, 0.717) is 12.2 Å². The van der Waals surface area contributed by atoms with Gasteiger partial charge in [-0.25, -0.2) is 9.67 Å². The molecule has 0 aromatic carbocycles. The van der Waals surface area contributed by atoms with Gasteiger partial charge in [0.05, 0.1) is 6.10 Å². The van der Waals surface area contributed by atoms with Gasteiger partial charge in [0.1, 0.15) is 11.5 Å². The van der Waals surface area contributed by atoms with Gasteiger partial charge in [0.2, 0.25) is 0 Å². The van der Waals surface area contributed by atoms with Crippen LogP contribution in [0.1, 0.15) is 44.3 Å². The lowest BCUT2D eigenvalue weighted by atomic mass is 10.1. The van der Waals surface area contributed by atoms with E-state index in [-0.39, 0.29) is 12.0 Å². The first-order valence-corrected chi connectivity index (χ1v) is 7.98. The summed E-state index contributed by atoms with van der Waals surface area (Å²) in [6.07, 6.45) is 4.88. The third-order valence-electron chi connectivity index (χ3n) is 4.26. The van der Waals surface area contributed by atoms with E-state index in [9.17, 15) is 5.11 Å². The van der Waals surface area contributed by atoms with Gasteiger partial charge in [0.25, 0.3) is 0 Å². The van der Waals surface area contributed by atoms with E-state index in [0.717, 1.165) is 37.3 Å². The summed E-state index contributed by atoms with van der Waals surface area (Å²) in [5.74, 6) is 1.76. The van der Waals surface area contributed by atoms with Crippen molar-refractivity contribution in [1.82, 2.24) is 19.7 Å². The number of nitrogens with zero attached hydrogens (tertiary/aromatic N) is 4. The third kappa shape index (κ3) is 3.03. The Morgan fingerprint density at radius 1 is 1.36 bits per heavy atom. The van der Waals surface area contributed by atoms with Crippen LogP contribution in [-0.4, -0.2) is 37.0 Å². The van der Waals surface area contributed by atoms with E-state index in [1.807, 2.05) is 22.9 Å². The van der Waals surface area contributed by atoms with E-state index >= 15 is 0 Å². The van der Waals surface area contributed by atoms with Crippen LogP contribution in [-0.2, 0) is 6.54 Å². The number of aromatic nitrogens is 4. The fourth-order valence-corrected chi connectivity index (χ4v) is 2.99. The van der Waals surface area contributed by atoms with Gasteiger partial charge in [0, 0.05) is 24.7 Å². The molecule has 0 spiro atoms. The molecule has 2 aromatic rings. The van der Waals surface area contributed by atoms with E-state index in [2.05, 4.69) is 17.0 Å². The van der Waals surface area contributed by atoms with Crippen molar-refractivity contribution in [1.29, 1.82) is 0 Å². The van der Waals surface area contributed by atoms with Gasteiger partial charge in [-0.1, -0.05) is 19.4 Å². The maximum atomic E-state index is 9.93. The summed E-state index contributed by atoms with van der Waals surface area (Å²) >= 11 is 0. The van der Waals surface area contributed by atoms with E-state index in [4.69, 9.17) is 10.7 Å². The largest absolute Gasteiger partial charge is 0.391 e. The molecule has 1 saturated carbocycles. The standard InChI is InChI=1S/C16H23N5O/c1-2-3-8-21-16(11-9-12(17)14(22)10-11)19-15(20-21)13-6-4-5-7-18-13/h4-7,11-12,14,22H,2-3,8-10,17H2,1H3/t11-,12-,14-/m0/s1. The Kier molecular flexibility index (Phi) is 4.49. The lowest BCUT2D eigenvalue weighted by Gasteiger charge is -2.10. The zero-order valence-corrected chi connectivity index (χ0v) is 12.9. The number of rotatable bonds is 5. The molecule has 118 valence electrons. The van der Waals surface area contributed by atoms with E-state index < -0.39 is 6.10 Å². The molecular formula is C16H23N5O. The van der Waals surface area contributed by atoms with Gasteiger partial charge in [-0.2, -0.15) is 0 Å². The fraction of sp³-hybridized carbons (Fsp3) is 0.562. The second kappa shape index (κ2) is 6.54. The summed E-state index contributed by atoms with van der Waals surface area (Å²) in [5, 5.41) is 14.6. The molecule has 3 N–H and O–H groups in total. The first-order chi connectivity index (χ1) is 10.7.